The topological polar surface area (TPSA) is 71.3 Å². The van der Waals surface area contributed by atoms with Crippen molar-refractivity contribution < 1.29 is 9.32 Å². The van der Waals surface area contributed by atoms with Crippen molar-refractivity contribution >= 4 is 5.91 Å². The number of pyridine rings is 1. The van der Waals surface area contributed by atoms with E-state index in [4.69, 9.17) is 4.52 Å². The molecule has 0 radical (unpaired) electrons. The smallest absolute Gasteiger partial charge is 0.251 e. The Balaban J connectivity index is 1.29. The first-order valence-electron chi connectivity index (χ1n) is 10.5. The minimum absolute atomic E-state index is 0.0122. The number of benzene rings is 1. The molecule has 1 atom stereocenters. The maximum absolute atomic E-state index is 12.1. The summed E-state index contributed by atoms with van der Waals surface area (Å²) in [6.07, 6.45) is 5.72. The summed E-state index contributed by atoms with van der Waals surface area (Å²) in [6, 6.07) is 14.0. The van der Waals surface area contributed by atoms with Crippen LogP contribution < -0.4 is 5.32 Å². The van der Waals surface area contributed by atoms with Crippen molar-refractivity contribution in [2.24, 2.45) is 5.92 Å². The first kappa shape index (κ1) is 20.3. The minimum Gasteiger partial charge on any atom is -0.359 e. The van der Waals surface area contributed by atoms with E-state index in [2.05, 4.69) is 32.5 Å². The second kappa shape index (κ2) is 9.22. The van der Waals surface area contributed by atoms with Gasteiger partial charge < -0.3 is 9.84 Å². The number of hydrogen-bond donors (Lipinski definition) is 1. The van der Waals surface area contributed by atoms with Crippen LogP contribution in [0.15, 0.2) is 59.4 Å². The third kappa shape index (κ3) is 5.13. The molecule has 1 amide bonds. The third-order valence-electron chi connectivity index (χ3n) is 5.44. The number of nitrogens with zero attached hydrogens (tertiary/aromatic N) is 3. The van der Waals surface area contributed by atoms with Crippen molar-refractivity contribution in [2.75, 3.05) is 13.1 Å². The van der Waals surface area contributed by atoms with Crippen LogP contribution in [0.2, 0.25) is 0 Å². The molecule has 0 aliphatic carbocycles. The van der Waals surface area contributed by atoms with Gasteiger partial charge in [0.05, 0.1) is 6.54 Å². The van der Waals surface area contributed by atoms with Gasteiger partial charge in [-0.25, -0.2) is 0 Å². The third-order valence-corrected chi connectivity index (χ3v) is 5.44. The highest BCUT2D eigenvalue weighted by Gasteiger charge is 2.24. The van der Waals surface area contributed by atoms with Gasteiger partial charge in [-0.15, -0.1) is 0 Å². The van der Waals surface area contributed by atoms with Crippen LogP contribution >= 0.6 is 0 Å². The van der Waals surface area contributed by atoms with E-state index in [1.165, 1.54) is 12.0 Å². The van der Waals surface area contributed by atoms with Crippen LogP contribution in [0.3, 0.4) is 0 Å². The fraction of sp³-hybridized carbons (Fsp3) is 0.375. The van der Waals surface area contributed by atoms with E-state index in [1.54, 1.807) is 12.4 Å². The standard InChI is InChI=1S/C24H28N4O2/c1-17(2)26-24(29)21-5-3-18(4-6-21)13-19-9-12-28(15-19)16-22-14-23(27-30-22)20-7-10-25-11-8-20/h3-8,10-11,14,17,19H,9,12-13,15-16H2,1-2H3,(H,26,29). The molecule has 1 saturated heterocycles. The quantitative estimate of drug-likeness (QED) is 0.646. The molecule has 1 aliphatic heterocycles. The number of rotatable bonds is 7. The molecule has 30 heavy (non-hydrogen) atoms. The van der Waals surface area contributed by atoms with Gasteiger partial charge in [0.15, 0.2) is 5.76 Å². The van der Waals surface area contributed by atoms with Crippen molar-refractivity contribution in [1.29, 1.82) is 0 Å². The average Bonchev–Trinajstić information content (AvgIpc) is 3.39. The molecule has 0 bridgehead atoms. The predicted octanol–water partition coefficient (Wildman–Crippen LogP) is 3.94. The molecule has 1 aromatic carbocycles. The Hall–Kier alpha value is -2.99. The molecule has 1 N–H and O–H groups in total. The molecule has 0 saturated carbocycles. The van der Waals surface area contributed by atoms with E-state index in [-0.39, 0.29) is 11.9 Å². The Morgan fingerprint density at radius 1 is 1.20 bits per heavy atom. The number of likely N-dealkylation sites (tertiary alicyclic amines) is 1. The molecule has 3 heterocycles. The Morgan fingerprint density at radius 2 is 1.97 bits per heavy atom. The largest absolute Gasteiger partial charge is 0.359 e. The lowest BCUT2D eigenvalue weighted by molar-refractivity contribution is 0.0943. The number of carbonyl (C=O) groups excluding carboxylic acids is 1. The Kier molecular flexibility index (Phi) is 6.23. The molecular weight excluding hydrogens is 376 g/mol. The lowest BCUT2D eigenvalue weighted by atomic mass is 9.98. The van der Waals surface area contributed by atoms with E-state index in [0.717, 1.165) is 48.6 Å². The van der Waals surface area contributed by atoms with Gasteiger partial charge in [0.2, 0.25) is 0 Å². The van der Waals surface area contributed by atoms with E-state index >= 15 is 0 Å². The Labute approximate surface area is 177 Å². The first-order valence-corrected chi connectivity index (χ1v) is 10.5. The van der Waals surface area contributed by atoms with Gasteiger partial charge in [0.1, 0.15) is 5.69 Å². The fourth-order valence-electron chi connectivity index (χ4n) is 3.96. The molecule has 4 rings (SSSR count). The van der Waals surface area contributed by atoms with Gasteiger partial charge in [0.25, 0.3) is 5.91 Å². The molecule has 6 nitrogen and oxygen atoms in total. The van der Waals surface area contributed by atoms with Crippen LogP contribution in [-0.4, -0.2) is 40.1 Å². The van der Waals surface area contributed by atoms with E-state index in [1.807, 2.05) is 44.2 Å². The summed E-state index contributed by atoms with van der Waals surface area (Å²) in [7, 11) is 0. The predicted molar refractivity (Wildman–Crippen MR) is 116 cm³/mol. The van der Waals surface area contributed by atoms with Gasteiger partial charge >= 0.3 is 0 Å². The highest BCUT2D eigenvalue weighted by molar-refractivity contribution is 5.94. The van der Waals surface area contributed by atoms with Crippen LogP contribution in [-0.2, 0) is 13.0 Å². The summed E-state index contributed by atoms with van der Waals surface area (Å²) in [5.74, 6) is 1.49. The highest BCUT2D eigenvalue weighted by atomic mass is 16.5. The van der Waals surface area contributed by atoms with Crippen LogP contribution in [0.5, 0.6) is 0 Å². The van der Waals surface area contributed by atoms with Gasteiger partial charge in [-0.1, -0.05) is 17.3 Å². The van der Waals surface area contributed by atoms with Crippen molar-refractivity contribution in [2.45, 2.75) is 39.3 Å². The average molecular weight is 405 g/mol. The molecular formula is C24H28N4O2. The minimum atomic E-state index is -0.0122. The molecule has 3 aromatic rings. The van der Waals surface area contributed by atoms with Crippen molar-refractivity contribution in [3.05, 3.63) is 71.7 Å². The zero-order chi connectivity index (χ0) is 20.9. The second-order valence-electron chi connectivity index (χ2n) is 8.33. The molecule has 1 unspecified atom stereocenters. The first-order chi connectivity index (χ1) is 14.6. The van der Waals surface area contributed by atoms with Crippen molar-refractivity contribution in [1.82, 2.24) is 20.4 Å². The summed E-state index contributed by atoms with van der Waals surface area (Å²) in [5, 5.41) is 7.12. The summed E-state index contributed by atoms with van der Waals surface area (Å²) in [5.41, 5.74) is 3.87. The molecule has 1 aliphatic rings. The van der Waals surface area contributed by atoms with Gasteiger partial charge in [-0.3, -0.25) is 14.7 Å². The van der Waals surface area contributed by atoms with Crippen molar-refractivity contribution in [3.8, 4) is 11.3 Å². The number of nitrogens with one attached hydrogen (secondary N) is 1. The molecule has 156 valence electrons. The lowest BCUT2D eigenvalue weighted by Crippen LogP contribution is -2.30. The summed E-state index contributed by atoms with van der Waals surface area (Å²) < 4.78 is 5.55. The van der Waals surface area contributed by atoms with Gasteiger partial charge in [0, 0.05) is 42.2 Å². The number of aromatic nitrogens is 2. The maximum Gasteiger partial charge on any atom is 0.251 e. The maximum atomic E-state index is 12.1. The van der Waals surface area contributed by atoms with E-state index in [9.17, 15) is 4.79 Å². The summed E-state index contributed by atoms with van der Waals surface area (Å²) in [4.78, 5) is 18.5. The monoisotopic (exact) mass is 404 g/mol. The SMILES string of the molecule is CC(C)NC(=O)c1ccc(CC2CCN(Cc3cc(-c4ccncc4)no3)C2)cc1. The molecule has 0 spiro atoms. The summed E-state index contributed by atoms with van der Waals surface area (Å²) >= 11 is 0. The second-order valence-corrected chi connectivity index (χ2v) is 8.33. The number of hydrogen-bond acceptors (Lipinski definition) is 5. The zero-order valence-electron chi connectivity index (χ0n) is 17.5. The lowest BCUT2D eigenvalue weighted by Gasteiger charge is -2.14. The van der Waals surface area contributed by atoms with E-state index < -0.39 is 0 Å². The molecule has 2 aromatic heterocycles. The Bertz CT molecular complexity index is 966. The fourth-order valence-corrected chi connectivity index (χ4v) is 3.96. The van der Waals surface area contributed by atoms with Crippen LogP contribution in [0.4, 0.5) is 0 Å². The number of amides is 1. The van der Waals surface area contributed by atoms with Gasteiger partial charge in [-0.05, 0) is 69.0 Å². The zero-order valence-corrected chi connectivity index (χ0v) is 17.5. The van der Waals surface area contributed by atoms with E-state index in [0.29, 0.717) is 5.92 Å². The normalized spacial score (nSPS) is 16.8. The number of carbonyl (C=O) groups is 1. The summed E-state index contributed by atoms with van der Waals surface area (Å²) in [6.45, 7) is 6.82. The van der Waals surface area contributed by atoms with Crippen LogP contribution in [0.1, 0.15) is 41.9 Å². The molecule has 1 fully saturated rings. The van der Waals surface area contributed by atoms with Crippen LogP contribution in [0, 0.1) is 5.92 Å². The Morgan fingerprint density at radius 3 is 2.70 bits per heavy atom. The van der Waals surface area contributed by atoms with Gasteiger partial charge in [-0.2, -0.15) is 0 Å². The van der Waals surface area contributed by atoms with Crippen LogP contribution in [0.25, 0.3) is 11.3 Å². The highest BCUT2D eigenvalue weighted by Crippen LogP contribution is 2.24. The van der Waals surface area contributed by atoms with Crippen molar-refractivity contribution in [3.63, 3.8) is 0 Å². The molecule has 6 heteroatoms.